The highest BCUT2D eigenvalue weighted by atomic mass is 16.5. The Hall–Kier alpha value is -2.36. The summed E-state index contributed by atoms with van der Waals surface area (Å²) in [6.45, 7) is 0. The topological polar surface area (TPSA) is 60.1 Å². The molecule has 0 radical (unpaired) electrons. The minimum atomic E-state index is 0.107. The van der Waals surface area contributed by atoms with E-state index in [0.29, 0.717) is 22.1 Å². The number of nitrogens with zero attached hydrogens (tertiary/aromatic N) is 2. The second-order valence-corrected chi connectivity index (χ2v) is 3.57. The first kappa shape index (κ1) is 8.91. The van der Waals surface area contributed by atoms with E-state index >= 15 is 0 Å². The van der Waals surface area contributed by atoms with Gasteiger partial charge in [-0.1, -0.05) is 12.1 Å². The van der Waals surface area contributed by atoms with Gasteiger partial charge in [-0.3, -0.25) is 0 Å². The maximum atomic E-state index is 12.0. The standard InChI is InChI=1S/C12H8N2O2/c15-8-5-6-12-10(7-8)13-9-3-1-2-4-11(9)14(12)16/h1-7,15H. The molecule has 0 fully saturated rings. The van der Waals surface area contributed by atoms with Crippen LogP contribution in [0.5, 0.6) is 5.75 Å². The summed E-state index contributed by atoms with van der Waals surface area (Å²) in [5, 5.41) is 21.3. The van der Waals surface area contributed by atoms with Gasteiger partial charge in [-0.2, -0.15) is 4.73 Å². The van der Waals surface area contributed by atoms with E-state index in [1.54, 1.807) is 24.3 Å². The van der Waals surface area contributed by atoms with E-state index in [1.165, 1.54) is 12.1 Å². The zero-order valence-corrected chi connectivity index (χ0v) is 8.29. The monoisotopic (exact) mass is 212 g/mol. The van der Waals surface area contributed by atoms with E-state index in [-0.39, 0.29) is 5.75 Å². The van der Waals surface area contributed by atoms with Crippen molar-refractivity contribution in [1.82, 2.24) is 4.98 Å². The van der Waals surface area contributed by atoms with E-state index in [4.69, 9.17) is 0 Å². The van der Waals surface area contributed by atoms with Crippen LogP contribution in [0.3, 0.4) is 0 Å². The molecule has 0 aliphatic heterocycles. The maximum absolute atomic E-state index is 12.0. The first-order valence-corrected chi connectivity index (χ1v) is 4.87. The van der Waals surface area contributed by atoms with Gasteiger partial charge in [0.05, 0.1) is 0 Å². The van der Waals surface area contributed by atoms with Crippen LogP contribution >= 0.6 is 0 Å². The van der Waals surface area contributed by atoms with Crippen LogP contribution in [0, 0.1) is 5.21 Å². The summed E-state index contributed by atoms with van der Waals surface area (Å²) in [7, 11) is 0. The highest BCUT2D eigenvalue weighted by molar-refractivity contribution is 5.82. The second kappa shape index (κ2) is 3.06. The Kier molecular flexibility index (Phi) is 1.71. The summed E-state index contributed by atoms with van der Waals surface area (Å²) in [6.07, 6.45) is 0. The number of hydrogen-bond acceptors (Lipinski definition) is 3. The van der Waals surface area contributed by atoms with Crippen molar-refractivity contribution in [2.75, 3.05) is 0 Å². The first-order chi connectivity index (χ1) is 7.75. The summed E-state index contributed by atoms with van der Waals surface area (Å²) in [6, 6.07) is 11.6. The molecule has 0 amide bonds. The van der Waals surface area contributed by atoms with Gasteiger partial charge in [0.25, 0.3) is 0 Å². The van der Waals surface area contributed by atoms with Gasteiger partial charge in [0, 0.05) is 18.2 Å². The first-order valence-electron chi connectivity index (χ1n) is 4.87. The molecule has 0 aliphatic carbocycles. The van der Waals surface area contributed by atoms with Crippen molar-refractivity contribution in [3.63, 3.8) is 0 Å². The largest absolute Gasteiger partial charge is 0.618 e. The van der Waals surface area contributed by atoms with Crippen molar-refractivity contribution in [3.8, 4) is 5.75 Å². The molecule has 1 aromatic heterocycles. The molecule has 4 nitrogen and oxygen atoms in total. The fourth-order valence-electron chi connectivity index (χ4n) is 1.76. The van der Waals surface area contributed by atoms with E-state index < -0.39 is 0 Å². The van der Waals surface area contributed by atoms with Crippen LogP contribution in [0.15, 0.2) is 42.5 Å². The zero-order chi connectivity index (χ0) is 11.1. The Morgan fingerprint density at radius 1 is 1.00 bits per heavy atom. The Morgan fingerprint density at radius 2 is 1.75 bits per heavy atom. The lowest BCUT2D eigenvalue weighted by Crippen LogP contribution is -2.28. The molecule has 1 N–H and O–H groups in total. The summed E-state index contributed by atoms with van der Waals surface area (Å²) in [5.41, 5.74) is 2.10. The fraction of sp³-hybridized carbons (Fsp3) is 0. The molecule has 0 unspecified atom stereocenters. The number of hydrogen-bond donors (Lipinski definition) is 1. The van der Waals surface area contributed by atoms with Crippen molar-refractivity contribution < 1.29 is 9.84 Å². The van der Waals surface area contributed by atoms with E-state index in [2.05, 4.69) is 4.98 Å². The van der Waals surface area contributed by atoms with Gasteiger partial charge >= 0.3 is 0 Å². The van der Waals surface area contributed by atoms with E-state index in [9.17, 15) is 10.3 Å². The van der Waals surface area contributed by atoms with Crippen LogP contribution in [0.4, 0.5) is 0 Å². The minimum Gasteiger partial charge on any atom is -0.618 e. The SMILES string of the molecule is [O-][n+]1c2ccccc2nc2cc(O)ccc21. The number of benzene rings is 2. The fourth-order valence-corrected chi connectivity index (χ4v) is 1.76. The maximum Gasteiger partial charge on any atom is 0.243 e. The van der Waals surface area contributed by atoms with Gasteiger partial charge in [0.1, 0.15) is 16.8 Å². The van der Waals surface area contributed by atoms with Gasteiger partial charge in [-0.15, -0.1) is 0 Å². The second-order valence-electron chi connectivity index (χ2n) is 3.57. The number of fused-ring (bicyclic) bond motifs is 2. The van der Waals surface area contributed by atoms with Gasteiger partial charge < -0.3 is 10.3 Å². The Morgan fingerprint density at radius 3 is 2.62 bits per heavy atom. The third-order valence-corrected chi connectivity index (χ3v) is 2.52. The predicted octanol–water partition coefficient (Wildman–Crippen LogP) is 1.73. The molecule has 78 valence electrons. The van der Waals surface area contributed by atoms with Crippen molar-refractivity contribution >= 4 is 22.1 Å². The van der Waals surface area contributed by atoms with Crippen LogP contribution in [-0.2, 0) is 0 Å². The van der Waals surface area contributed by atoms with E-state index in [0.717, 1.165) is 4.73 Å². The molecule has 3 rings (SSSR count). The average Bonchev–Trinajstić information content (AvgIpc) is 2.29. The lowest BCUT2D eigenvalue weighted by molar-refractivity contribution is -0.548. The molecule has 0 saturated heterocycles. The van der Waals surface area contributed by atoms with Gasteiger partial charge in [0.15, 0.2) is 0 Å². The van der Waals surface area contributed by atoms with Crippen molar-refractivity contribution in [3.05, 3.63) is 47.7 Å². The van der Waals surface area contributed by atoms with Crippen LogP contribution in [0.2, 0.25) is 0 Å². The summed E-state index contributed by atoms with van der Waals surface area (Å²) < 4.78 is 0.830. The molecule has 0 saturated carbocycles. The lowest BCUT2D eigenvalue weighted by Gasteiger charge is -2.04. The Bertz CT molecular complexity index is 695. The van der Waals surface area contributed by atoms with Gasteiger partial charge in [-0.25, -0.2) is 4.98 Å². The lowest BCUT2D eigenvalue weighted by atomic mass is 10.2. The molecule has 16 heavy (non-hydrogen) atoms. The van der Waals surface area contributed by atoms with E-state index in [1.807, 2.05) is 6.07 Å². The third-order valence-electron chi connectivity index (χ3n) is 2.52. The molecule has 0 atom stereocenters. The molecule has 4 heteroatoms. The normalized spacial score (nSPS) is 11.0. The molecule has 1 heterocycles. The summed E-state index contributed by atoms with van der Waals surface area (Å²) in [5.74, 6) is 0.107. The number of phenols is 1. The molecule has 3 aromatic rings. The summed E-state index contributed by atoms with van der Waals surface area (Å²) in [4.78, 5) is 4.32. The van der Waals surface area contributed by atoms with Gasteiger partial charge in [-0.05, 0) is 12.1 Å². The highest BCUT2D eigenvalue weighted by Crippen LogP contribution is 2.18. The van der Waals surface area contributed by atoms with Crippen LogP contribution in [-0.4, -0.2) is 10.1 Å². The molecule has 0 spiro atoms. The minimum absolute atomic E-state index is 0.107. The molecule has 0 bridgehead atoms. The molecule has 0 aliphatic rings. The van der Waals surface area contributed by atoms with Crippen LogP contribution < -0.4 is 4.73 Å². The third kappa shape index (κ3) is 1.16. The van der Waals surface area contributed by atoms with Crippen LogP contribution in [0.25, 0.3) is 22.1 Å². The number of aromatic nitrogens is 2. The van der Waals surface area contributed by atoms with Crippen molar-refractivity contribution in [1.29, 1.82) is 0 Å². The number of aromatic hydroxyl groups is 1. The molecule has 2 aromatic carbocycles. The smallest absolute Gasteiger partial charge is 0.243 e. The molecular weight excluding hydrogens is 204 g/mol. The Labute approximate surface area is 91.0 Å². The zero-order valence-electron chi connectivity index (χ0n) is 8.29. The van der Waals surface area contributed by atoms with Crippen molar-refractivity contribution in [2.45, 2.75) is 0 Å². The average molecular weight is 212 g/mol. The van der Waals surface area contributed by atoms with Gasteiger partial charge in [0.2, 0.25) is 11.0 Å². The summed E-state index contributed by atoms with van der Waals surface area (Å²) >= 11 is 0. The predicted molar refractivity (Wildman–Crippen MR) is 59.9 cm³/mol. The number of para-hydroxylation sites is 2. The molecular formula is C12H8N2O2. The highest BCUT2D eigenvalue weighted by Gasteiger charge is 2.11. The number of phenolic OH excluding ortho intramolecular Hbond substituents is 1. The number of rotatable bonds is 0. The van der Waals surface area contributed by atoms with Crippen LogP contribution in [0.1, 0.15) is 0 Å². The quantitative estimate of drug-likeness (QED) is 0.350. The Balaban J connectivity index is 2.55. The van der Waals surface area contributed by atoms with Crippen molar-refractivity contribution in [2.24, 2.45) is 0 Å².